The molecule has 0 aromatic heterocycles. The fraction of sp³-hybridized carbons (Fsp3) is 0.429. The van der Waals surface area contributed by atoms with Crippen molar-refractivity contribution in [3.05, 3.63) is 36.0 Å². The van der Waals surface area contributed by atoms with Crippen LogP contribution in [0.15, 0.2) is 6.07 Å². The van der Waals surface area contributed by atoms with Crippen LogP contribution in [0.1, 0.15) is 30.5 Å². The monoisotopic (exact) mass is 289 g/mol. The minimum absolute atomic E-state index is 0. The predicted octanol–water partition coefficient (Wildman–Crippen LogP) is 0.181. The zero-order valence-corrected chi connectivity index (χ0v) is 15.6. The quantitative estimate of drug-likeness (QED) is 0.602. The van der Waals surface area contributed by atoms with Crippen LogP contribution in [0.5, 0.6) is 0 Å². The Kier molecular flexibility index (Phi) is 7.76. The van der Waals surface area contributed by atoms with E-state index in [1.165, 1.54) is 0 Å². The maximum absolute atomic E-state index is 14.2. The Morgan fingerprint density at radius 1 is 1.42 bits per heavy atom. The van der Waals surface area contributed by atoms with Gasteiger partial charge in [-0.3, -0.25) is 5.41 Å². The third-order valence-electron chi connectivity index (χ3n) is 3.30. The molecule has 2 rings (SSSR count). The second-order valence-electron chi connectivity index (χ2n) is 4.31. The number of nitrogens with one attached hydrogen (secondary N) is 2. The number of nitrogens with zero attached hydrogens (tertiary/aromatic N) is 1. The van der Waals surface area contributed by atoms with E-state index in [0.717, 1.165) is 12.1 Å². The van der Waals surface area contributed by atoms with E-state index in [9.17, 15) is 4.39 Å². The molecule has 5 heteroatoms. The molecule has 0 radical (unpaired) electrons. The van der Waals surface area contributed by atoms with Crippen LogP contribution >= 0.6 is 0 Å². The third-order valence-corrected chi connectivity index (χ3v) is 3.30. The van der Waals surface area contributed by atoms with Gasteiger partial charge in [0.05, 0.1) is 12.4 Å². The first-order valence-corrected chi connectivity index (χ1v) is 5.99. The Morgan fingerprint density at radius 2 is 2.05 bits per heavy atom. The van der Waals surface area contributed by atoms with Gasteiger partial charge < -0.3 is 17.6 Å². The molecule has 0 saturated carbocycles. The van der Waals surface area contributed by atoms with Crippen LogP contribution in [0.25, 0.3) is 0 Å². The molecule has 1 aromatic carbocycles. The number of benzene rings is 1. The van der Waals surface area contributed by atoms with Crippen LogP contribution in [0.4, 0.5) is 10.1 Å². The number of halogens is 1. The summed E-state index contributed by atoms with van der Waals surface area (Å²) in [5, 5.41) is 11.2. The van der Waals surface area contributed by atoms with E-state index in [4.69, 9.17) is 5.41 Å². The van der Waals surface area contributed by atoms with E-state index < -0.39 is 0 Å². The molecular formula is C14H21FKN3. The average molecular weight is 289 g/mol. The average Bonchev–Trinajstić information content (AvgIpc) is 2.33. The van der Waals surface area contributed by atoms with Crippen molar-refractivity contribution in [2.45, 2.75) is 27.2 Å². The summed E-state index contributed by atoms with van der Waals surface area (Å²) in [6.45, 7) is 7.13. The summed E-state index contributed by atoms with van der Waals surface area (Å²) in [7, 11) is 0. The SMILES string of the molecule is CCc1cc(C)c2c(c1F)NCN(CC)C2=N.[CH3-].[K+]. The summed E-state index contributed by atoms with van der Waals surface area (Å²) in [5.41, 5.74) is 2.88. The molecule has 100 valence electrons. The fourth-order valence-corrected chi connectivity index (χ4v) is 2.27. The van der Waals surface area contributed by atoms with Gasteiger partial charge in [-0.15, -0.1) is 0 Å². The minimum atomic E-state index is -0.200. The molecule has 0 amide bonds. The van der Waals surface area contributed by atoms with Crippen molar-refractivity contribution in [3.63, 3.8) is 0 Å². The van der Waals surface area contributed by atoms with Gasteiger partial charge in [-0.25, -0.2) is 4.39 Å². The summed E-state index contributed by atoms with van der Waals surface area (Å²) < 4.78 is 14.2. The Morgan fingerprint density at radius 3 is 2.58 bits per heavy atom. The molecule has 2 N–H and O–H groups in total. The number of hydrogen-bond acceptors (Lipinski definition) is 2. The summed E-state index contributed by atoms with van der Waals surface area (Å²) in [6, 6.07) is 1.85. The summed E-state index contributed by atoms with van der Waals surface area (Å²) >= 11 is 0. The molecule has 19 heavy (non-hydrogen) atoms. The van der Waals surface area contributed by atoms with Gasteiger partial charge in [0.2, 0.25) is 0 Å². The summed E-state index contributed by atoms with van der Waals surface area (Å²) in [6.07, 6.45) is 0.673. The third kappa shape index (κ3) is 3.39. The minimum Gasteiger partial charge on any atom is -0.365 e. The van der Waals surface area contributed by atoms with Crippen LogP contribution in [-0.2, 0) is 6.42 Å². The van der Waals surface area contributed by atoms with Crippen LogP contribution in [0.2, 0.25) is 0 Å². The van der Waals surface area contributed by atoms with Gasteiger partial charge in [-0.2, -0.15) is 0 Å². The first-order valence-electron chi connectivity index (χ1n) is 5.99. The van der Waals surface area contributed by atoms with Gasteiger partial charge in [0, 0.05) is 12.1 Å². The van der Waals surface area contributed by atoms with Gasteiger partial charge >= 0.3 is 51.4 Å². The Balaban J connectivity index is 0.00000162. The van der Waals surface area contributed by atoms with E-state index in [1.807, 2.05) is 31.7 Å². The number of rotatable bonds is 2. The van der Waals surface area contributed by atoms with Crippen LogP contribution in [0, 0.1) is 25.6 Å². The van der Waals surface area contributed by atoms with E-state index >= 15 is 0 Å². The molecule has 0 atom stereocenters. The van der Waals surface area contributed by atoms with Crippen LogP contribution < -0.4 is 56.7 Å². The topological polar surface area (TPSA) is 39.1 Å². The summed E-state index contributed by atoms with van der Waals surface area (Å²) in [4.78, 5) is 1.89. The molecule has 1 aliphatic rings. The number of anilines is 1. The number of aryl methyl sites for hydroxylation is 2. The van der Waals surface area contributed by atoms with Gasteiger partial charge in [0.25, 0.3) is 0 Å². The van der Waals surface area contributed by atoms with Crippen molar-refractivity contribution in [2.75, 3.05) is 18.5 Å². The fourth-order valence-electron chi connectivity index (χ4n) is 2.27. The molecule has 1 aromatic rings. The first-order chi connectivity index (χ1) is 8.10. The molecule has 0 bridgehead atoms. The predicted molar refractivity (Wildman–Crippen MR) is 74.6 cm³/mol. The van der Waals surface area contributed by atoms with Gasteiger partial charge in [0.1, 0.15) is 11.7 Å². The van der Waals surface area contributed by atoms with E-state index in [-0.39, 0.29) is 64.6 Å². The van der Waals surface area contributed by atoms with E-state index in [0.29, 0.717) is 35.7 Å². The second-order valence-corrected chi connectivity index (χ2v) is 4.31. The number of amidine groups is 1. The summed E-state index contributed by atoms with van der Waals surface area (Å²) in [5.74, 6) is 0.217. The largest absolute Gasteiger partial charge is 1.00 e. The molecular weight excluding hydrogens is 268 g/mol. The Hall–Kier alpha value is 0.0564. The first kappa shape index (κ1) is 19.1. The van der Waals surface area contributed by atoms with Crippen molar-refractivity contribution in [1.29, 1.82) is 5.41 Å². The van der Waals surface area contributed by atoms with Gasteiger partial charge in [0.15, 0.2) is 0 Å². The number of hydrogen-bond donors (Lipinski definition) is 2. The molecule has 0 unspecified atom stereocenters. The van der Waals surface area contributed by atoms with Crippen molar-refractivity contribution in [2.24, 2.45) is 0 Å². The Bertz CT molecular complexity index is 474. The molecule has 1 heterocycles. The molecule has 3 nitrogen and oxygen atoms in total. The Labute approximate surface area is 157 Å². The standard InChI is InChI=1S/C13H18FN3.CH3.K/c1-4-9-6-8(3)10-12(11(9)14)16-7-17(5-2)13(10)15;;/h6,15-16H,4-5,7H2,1-3H3;1H3;/q;-1;+1. The maximum atomic E-state index is 14.2. The maximum Gasteiger partial charge on any atom is 1.00 e. The molecule has 1 aliphatic heterocycles. The molecule has 0 spiro atoms. The van der Waals surface area contributed by atoms with Crippen molar-refractivity contribution in [3.8, 4) is 0 Å². The van der Waals surface area contributed by atoms with Gasteiger partial charge in [-0.1, -0.05) is 13.0 Å². The normalized spacial score (nSPS) is 13.1. The zero-order valence-electron chi connectivity index (χ0n) is 12.5. The van der Waals surface area contributed by atoms with Crippen molar-refractivity contribution >= 4 is 11.5 Å². The van der Waals surface area contributed by atoms with Crippen molar-refractivity contribution in [1.82, 2.24) is 4.90 Å². The molecule has 0 aliphatic carbocycles. The van der Waals surface area contributed by atoms with Crippen LogP contribution in [-0.4, -0.2) is 23.9 Å². The van der Waals surface area contributed by atoms with E-state index in [1.54, 1.807) is 0 Å². The van der Waals surface area contributed by atoms with E-state index in [2.05, 4.69) is 5.32 Å². The molecule has 0 saturated heterocycles. The number of fused-ring (bicyclic) bond motifs is 1. The van der Waals surface area contributed by atoms with Crippen LogP contribution in [0.3, 0.4) is 0 Å². The smallest absolute Gasteiger partial charge is 0.365 e. The van der Waals surface area contributed by atoms with Crippen molar-refractivity contribution < 1.29 is 55.8 Å². The zero-order chi connectivity index (χ0) is 12.6. The van der Waals surface area contributed by atoms with Gasteiger partial charge in [-0.05, 0) is 31.4 Å². The molecule has 0 fully saturated rings. The second kappa shape index (κ2) is 7.74.